The smallest absolute Gasteiger partial charge is 0.234 e. The summed E-state index contributed by atoms with van der Waals surface area (Å²) in [5.41, 5.74) is 3.00. The molecule has 0 saturated heterocycles. The molecular formula is C12H13N3OS3. The second kappa shape index (κ2) is 6.31. The van der Waals surface area contributed by atoms with E-state index in [2.05, 4.69) is 10.3 Å². The van der Waals surface area contributed by atoms with Crippen molar-refractivity contribution in [3.05, 3.63) is 34.1 Å². The summed E-state index contributed by atoms with van der Waals surface area (Å²) in [7, 11) is 2.74. The minimum absolute atomic E-state index is 0.0471. The second-order valence-electron chi connectivity index (χ2n) is 3.95. The third-order valence-corrected chi connectivity index (χ3v) is 5.89. The van der Waals surface area contributed by atoms with E-state index in [0.29, 0.717) is 10.6 Å². The Balaban J connectivity index is 1.96. The Hall–Kier alpha value is -1.18. The van der Waals surface area contributed by atoms with Crippen molar-refractivity contribution in [1.29, 1.82) is 5.41 Å². The molecule has 19 heavy (non-hydrogen) atoms. The number of carbonyl (C=O) groups is 1. The van der Waals surface area contributed by atoms with Crippen molar-refractivity contribution < 1.29 is 4.79 Å². The SMILES string of the molecule is Cc1cccc(C)c1NC(=O)CSc1nc(=N)ss1. The molecule has 1 aromatic heterocycles. The van der Waals surface area contributed by atoms with Gasteiger partial charge in [0.05, 0.1) is 5.75 Å². The Morgan fingerprint density at radius 2 is 2.05 bits per heavy atom. The normalized spacial score (nSPS) is 10.4. The number of benzene rings is 1. The number of carbonyl (C=O) groups excluding carboxylic acids is 1. The maximum Gasteiger partial charge on any atom is 0.234 e. The number of para-hydroxylation sites is 1. The minimum atomic E-state index is -0.0471. The van der Waals surface area contributed by atoms with E-state index < -0.39 is 0 Å². The van der Waals surface area contributed by atoms with Crippen molar-refractivity contribution in [3.8, 4) is 0 Å². The summed E-state index contributed by atoms with van der Waals surface area (Å²) in [4.78, 5) is 16.2. The van der Waals surface area contributed by atoms with Crippen molar-refractivity contribution in [1.82, 2.24) is 4.98 Å². The maximum atomic E-state index is 11.9. The van der Waals surface area contributed by atoms with Crippen LogP contribution in [0.4, 0.5) is 5.69 Å². The number of nitrogens with zero attached hydrogens (tertiary/aromatic N) is 1. The van der Waals surface area contributed by atoms with Crippen LogP contribution in [-0.4, -0.2) is 16.6 Å². The van der Waals surface area contributed by atoms with Crippen LogP contribution in [0.15, 0.2) is 22.5 Å². The summed E-state index contributed by atoms with van der Waals surface area (Å²) in [6.45, 7) is 3.95. The number of hydrogen-bond donors (Lipinski definition) is 2. The van der Waals surface area contributed by atoms with Gasteiger partial charge in [0.25, 0.3) is 0 Å². The fraction of sp³-hybridized carbons (Fsp3) is 0.250. The average molecular weight is 311 g/mol. The van der Waals surface area contributed by atoms with Crippen molar-refractivity contribution in [2.75, 3.05) is 11.1 Å². The number of thioether (sulfide) groups is 1. The van der Waals surface area contributed by atoms with E-state index in [4.69, 9.17) is 5.41 Å². The molecule has 0 bridgehead atoms. The number of hydrogen-bond acceptors (Lipinski definition) is 6. The van der Waals surface area contributed by atoms with Gasteiger partial charge in [0.15, 0.2) is 4.34 Å². The maximum absolute atomic E-state index is 11.9. The fourth-order valence-electron chi connectivity index (χ4n) is 1.57. The number of rotatable bonds is 4. The molecular weight excluding hydrogens is 298 g/mol. The topological polar surface area (TPSA) is 65.8 Å². The van der Waals surface area contributed by atoms with Crippen molar-refractivity contribution in [2.24, 2.45) is 0 Å². The Bertz CT molecular complexity index is 627. The Morgan fingerprint density at radius 1 is 1.37 bits per heavy atom. The van der Waals surface area contributed by atoms with Crippen LogP contribution in [0.5, 0.6) is 0 Å². The van der Waals surface area contributed by atoms with Crippen LogP contribution in [0.25, 0.3) is 0 Å². The van der Waals surface area contributed by atoms with E-state index in [1.54, 1.807) is 0 Å². The molecule has 0 fully saturated rings. The highest BCUT2D eigenvalue weighted by Crippen LogP contribution is 2.23. The van der Waals surface area contributed by atoms with Gasteiger partial charge < -0.3 is 5.32 Å². The first-order chi connectivity index (χ1) is 9.06. The Kier molecular flexibility index (Phi) is 4.73. The van der Waals surface area contributed by atoms with Gasteiger partial charge in [-0.25, -0.2) is 4.98 Å². The van der Waals surface area contributed by atoms with Gasteiger partial charge in [0, 0.05) is 5.69 Å². The quantitative estimate of drug-likeness (QED) is 0.674. The van der Waals surface area contributed by atoms with Gasteiger partial charge in [-0.3, -0.25) is 10.2 Å². The van der Waals surface area contributed by atoms with Gasteiger partial charge in [-0.05, 0) is 45.7 Å². The minimum Gasteiger partial charge on any atom is -0.325 e. The van der Waals surface area contributed by atoms with E-state index in [-0.39, 0.29) is 5.91 Å². The summed E-state index contributed by atoms with van der Waals surface area (Å²) >= 11 is 1.37. The second-order valence-corrected chi connectivity index (χ2v) is 7.28. The molecule has 1 heterocycles. The van der Waals surface area contributed by atoms with Crippen molar-refractivity contribution >= 4 is 44.0 Å². The molecule has 1 amide bonds. The van der Waals surface area contributed by atoms with Gasteiger partial charge >= 0.3 is 0 Å². The summed E-state index contributed by atoms with van der Waals surface area (Å²) < 4.78 is 0.770. The van der Waals surface area contributed by atoms with Crippen LogP contribution in [0.3, 0.4) is 0 Å². The first-order valence-corrected chi connectivity index (χ1v) is 8.70. The molecule has 7 heteroatoms. The molecule has 100 valence electrons. The fourth-order valence-corrected chi connectivity index (χ4v) is 4.35. The highest BCUT2D eigenvalue weighted by atomic mass is 32.9. The van der Waals surface area contributed by atoms with E-state index in [1.165, 1.54) is 32.4 Å². The number of amides is 1. The molecule has 0 radical (unpaired) electrons. The highest BCUT2D eigenvalue weighted by molar-refractivity contribution is 8.03. The molecule has 2 rings (SSSR count). The number of anilines is 1. The zero-order valence-electron chi connectivity index (χ0n) is 10.5. The lowest BCUT2D eigenvalue weighted by Gasteiger charge is -2.10. The molecule has 2 aromatic rings. The first-order valence-electron chi connectivity index (χ1n) is 5.57. The third-order valence-electron chi connectivity index (χ3n) is 2.46. The molecule has 0 saturated carbocycles. The number of aromatic nitrogens is 1. The average Bonchev–Trinajstić information content (AvgIpc) is 2.77. The summed E-state index contributed by atoms with van der Waals surface area (Å²) in [6, 6.07) is 5.93. The van der Waals surface area contributed by atoms with Gasteiger partial charge in [-0.1, -0.05) is 30.0 Å². The zero-order chi connectivity index (χ0) is 13.8. The monoisotopic (exact) mass is 311 g/mol. The Labute approximate surface area is 122 Å². The summed E-state index contributed by atoms with van der Waals surface area (Å²) in [5, 5.41) is 10.3. The lowest BCUT2D eigenvalue weighted by atomic mass is 10.1. The van der Waals surface area contributed by atoms with Crippen LogP contribution < -0.4 is 10.1 Å². The molecule has 0 atom stereocenters. The van der Waals surface area contributed by atoms with E-state index in [9.17, 15) is 4.79 Å². The Morgan fingerprint density at radius 3 is 2.63 bits per heavy atom. The first kappa shape index (κ1) is 14.2. The van der Waals surface area contributed by atoms with Gasteiger partial charge in [0.1, 0.15) is 0 Å². The molecule has 0 aliphatic carbocycles. The number of nitrogens with one attached hydrogen (secondary N) is 2. The lowest BCUT2D eigenvalue weighted by molar-refractivity contribution is -0.113. The lowest BCUT2D eigenvalue weighted by Crippen LogP contribution is -2.15. The predicted octanol–water partition coefficient (Wildman–Crippen LogP) is 3.03. The van der Waals surface area contributed by atoms with Crippen LogP contribution in [-0.2, 0) is 4.79 Å². The standard InChI is InChI=1S/C12H13N3OS3/c1-7-4-3-5-8(2)10(7)14-9(16)6-17-12-15-11(13)18-19-12/h3-5,13H,6H2,1-2H3,(H,14,16). The predicted molar refractivity (Wildman–Crippen MR) is 81.1 cm³/mol. The van der Waals surface area contributed by atoms with Crippen LogP contribution in [0.1, 0.15) is 11.1 Å². The molecule has 0 spiro atoms. The van der Waals surface area contributed by atoms with E-state index in [0.717, 1.165) is 21.2 Å². The molecule has 0 aliphatic rings. The van der Waals surface area contributed by atoms with Gasteiger partial charge in [0.2, 0.25) is 10.7 Å². The van der Waals surface area contributed by atoms with E-state index >= 15 is 0 Å². The van der Waals surface area contributed by atoms with Crippen LogP contribution in [0, 0.1) is 19.3 Å². The van der Waals surface area contributed by atoms with E-state index in [1.807, 2.05) is 32.0 Å². The van der Waals surface area contributed by atoms with Crippen molar-refractivity contribution in [2.45, 2.75) is 18.2 Å². The highest BCUT2D eigenvalue weighted by Gasteiger charge is 2.09. The summed E-state index contributed by atoms with van der Waals surface area (Å²) in [5.74, 6) is 0.266. The molecule has 4 nitrogen and oxygen atoms in total. The van der Waals surface area contributed by atoms with Gasteiger partial charge in [-0.2, -0.15) is 0 Å². The van der Waals surface area contributed by atoms with Crippen molar-refractivity contribution in [3.63, 3.8) is 0 Å². The molecule has 2 N–H and O–H groups in total. The molecule has 0 unspecified atom stereocenters. The van der Waals surface area contributed by atoms with Crippen LogP contribution >= 0.6 is 32.4 Å². The third kappa shape index (κ3) is 3.89. The zero-order valence-corrected chi connectivity index (χ0v) is 13.0. The molecule has 0 aliphatic heterocycles. The largest absolute Gasteiger partial charge is 0.325 e. The molecule has 1 aromatic carbocycles. The summed E-state index contributed by atoms with van der Waals surface area (Å²) in [6.07, 6.45) is 0. The number of aryl methyl sites for hydroxylation is 2. The van der Waals surface area contributed by atoms with Gasteiger partial charge in [-0.15, -0.1) is 0 Å². The van der Waals surface area contributed by atoms with Crippen LogP contribution in [0.2, 0.25) is 0 Å².